The summed E-state index contributed by atoms with van der Waals surface area (Å²) in [6, 6.07) is 8.61. The largest absolute Gasteiger partial charge is 0.394 e. The summed E-state index contributed by atoms with van der Waals surface area (Å²) in [5, 5.41) is 9.47. The smallest absolute Gasteiger partial charge is 0.277 e. The predicted octanol–water partition coefficient (Wildman–Crippen LogP) is 2.68. The fourth-order valence-corrected chi connectivity index (χ4v) is 3.39. The Bertz CT molecular complexity index is 974. The van der Waals surface area contributed by atoms with Crippen molar-refractivity contribution in [3.8, 4) is 0 Å². The number of amides is 1. The van der Waals surface area contributed by atoms with E-state index in [4.69, 9.17) is 9.94 Å². The number of benzene rings is 1. The highest BCUT2D eigenvalue weighted by Gasteiger charge is 2.23. The lowest BCUT2D eigenvalue weighted by Crippen LogP contribution is -2.26. The first-order valence-electron chi connectivity index (χ1n) is 8.34. The van der Waals surface area contributed by atoms with Crippen LogP contribution in [-0.2, 0) is 18.3 Å². The van der Waals surface area contributed by atoms with Crippen molar-refractivity contribution in [1.82, 2.24) is 15.0 Å². The van der Waals surface area contributed by atoms with Gasteiger partial charge < -0.3 is 9.67 Å². The molecule has 2 aromatic heterocycles. The van der Waals surface area contributed by atoms with E-state index < -0.39 is 5.91 Å². The molecular formula is C19H20FN3O3S. The molecule has 0 aliphatic heterocycles. The molecule has 0 aliphatic carbocycles. The molecule has 0 atom stereocenters. The molecule has 0 radical (unpaired) electrons. The molecule has 3 aromatic rings. The minimum atomic E-state index is -0.460. The van der Waals surface area contributed by atoms with Crippen LogP contribution in [0, 0.1) is 5.82 Å². The van der Waals surface area contributed by atoms with Gasteiger partial charge in [-0.3, -0.25) is 9.63 Å². The third-order valence-corrected chi connectivity index (χ3v) is 5.00. The Morgan fingerprint density at radius 2 is 2.22 bits per heavy atom. The second kappa shape index (κ2) is 8.51. The molecule has 0 saturated heterocycles. The lowest BCUT2D eigenvalue weighted by Gasteiger charge is -2.10. The number of pyridine rings is 1. The van der Waals surface area contributed by atoms with Gasteiger partial charge in [0.2, 0.25) is 0 Å². The number of aliphatic hydroxyl groups is 1. The van der Waals surface area contributed by atoms with Gasteiger partial charge in [0.1, 0.15) is 11.5 Å². The molecule has 142 valence electrons. The van der Waals surface area contributed by atoms with Crippen LogP contribution in [0.15, 0.2) is 41.4 Å². The van der Waals surface area contributed by atoms with Crippen LogP contribution in [0.2, 0.25) is 0 Å². The number of carbonyl (C=O) groups excluding carboxylic acids is 1. The number of rotatable bonds is 7. The van der Waals surface area contributed by atoms with Crippen LogP contribution in [0.4, 0.5) is 4.39 Å². The van der Waals surface area contributed by atoms with Crippen LogP contribution in [0.1, 0.15) is 21.6 Å². The lowest BCUT2D eigenvalue weighted by atomic mass is 10.0. The Labute approximate surface area is 160 Å². The van der Waals surface area contributed by atoms with Crippen LogP contribution >= 0.6 is 11.8 Å². The van der Waals surface area contributed by atoms with Crippen LogP contribution < -0.4 is 5.48 Å². The zero-order valence-electron chi connectivity index (χ0n) is 15.0. The van der Waals surface area contributed by atoms with Crippen LogP contribution in [0.3, 0.4) is 0 Å². The third kappa shape index (κ3) is 3.97. The Morgan fingerprint density at radius 1 is 1.41 bits per heavy atom. The van der Waals surface area contributed by atoms with Crippen molar-refractivity contribution in [2.45, 2.75) is 11.3 Å². The maximum atomic E-state index is 14.5. The number of aromatic nitrogens is 2. The van der Waals surface area contributed by atoms with Gasteiger partial charge in [-0.1, -0.05) is 6.07 Å². The molecule has 0 bridgehead atoms. The molecule has 0 saturated carbocycles. The lowest BCUT2D eigenvalue weighted by molar-refractivity contribution is 0.0169. The Morgan fingerprint density at radius 3 is 2.93 bits per heavy atom. The zero-order chi connectivity index (χ0) is 19.4. The van der Waals surface area contributed by atoms with Crippen LogP contribution in [0.5, 0.6) is 0 Å². The van der Waals surface area contributed by atoms with Crippen molar-refractivity contribution >= 4 is 28.7 Å². The van der Waals surface area contributed by atoms with E-state index >= 15 is 0 Å². The van der Waals surface area contributed by atoms with E-state index in [2.05, 4.69) is 10.5 Å². The molecule has 0 unspecified atom stereocenters. The van der Waals surface area contributed by atoms with E-state index in [1.54, 1.807) is 36.0 Å². The van der Waals surface area contributed by atoms with Crippen molar-refractivity contribution in [1.29, 1.82) is 0 Å². The van der Waals surface area contributed by atoms with Gasteiger partial charge in [-0.05, 0) is 36.1 Å². The first-order valence-corrected chi connectivity index (χ1v) is 9.57. The van der Waals surface area contributed by atoms with E-state index in [0.717, 1.165) is 4.90 Å². The molecule has 8 heteroatoms. The molecule has 27 heavy (non-hydrogen) atoms. The molecular weight excluding hydrogens is 369 g/mol. The van der Waals surface area contributed by atoms with Gasteiger partial charge in [0.15, 0.2) is 0 Å². The summed E-state index contributed by atoms with van der Waals surface area (Å²) in [5.74, 6) is -0.777. The molecule has 0 fully saturated rings. The summed E-state index contributed by atoms with van der Waals surface area (Å²) in [6.45, 7) is -0.230. The van der Waals surface area contributed by atoms with E-state index in [1.165, 1.54) is 17.8 Å². The van der Waals surface area contributed by atoms with E-state index in [-0.39, 0.29) is 25.5 Å². The number of nitrogens with one attached hydrogen (secondary N) is 1. The summed E-state index contributed by atoms with van der Waals surface area (Å²) in [5.41, 5.74) is 4.45. The highest BCUT2D eigenvalue weighted by Crippen LogP contribution is 2.27. The fraction of sp³-hybridized carbons (Fsp3) is 0.263. The van der Waals surface area contributed by atoms with Gasteiger partial charge in [0, 0.05) is 35.6 Å². The predicted molar refractivity (Wildman–Crippen MR) is 102 cm³/mol. The fourth-order valence-electron chi connectivity index (χ4n) is 2.96. The first-order chi connectivity index (χ1) is 13.1. The highest BCUT2D eigenvalue weighted by atomic mass is 32.2. The summed E-state index contributed by atoms with van der Waals surface area (Å²) in [4.78, 5) is 22.8. The molecule has 0 aliphatic rings. The van der Waals surface area contributed by atoms with Gasteiger partial charge >= 0.3 is 0 Å². The van der Waals surface area contributed by atoms with Gasteiger partial charge in [-0.2, -0.15) is 0 Å². The number of hydrogen-bond acceptors (Lipinski definition) is 5. The minimum Gasteiger partial charge on any atom is -0.394 e. The number of halogens is 1. The Kier molecular flexibility index (Phi) is 6.10. The number of nitrogens with zero attached hydrogens (tertiary/aromatic N) is 2. The number of thioether (sulfide) groups is 1. The normalized spacial score (nSPS) is 11.1. The topological polar surface area (TPSA) is 76.4 Å². The van der Waals surface area contributed by atoms with Crippen molar-refractivity contribution in [3.05, 3.63) is 59.2 Å². The monoisotopic (exact) mass is 389 g/mol. The van der Waals surface area contributed by atoms with Crippen LogP contribution in [0.25, 0.3) is 11.0 Å². The third-order valence-electron chi connectivity index (χ3n) is 4.27. The summed E-state index contributed by atoms with van der Waals surface area (Å²) < 4.78 is 16.3. The number of aryl methyl sites for hydroxylation is 1. The van der Waals surface area contributed by atoms with Crippen molar-refractivity contribution in [2.75, 3.05) is 19.5 Å². The average molecular weight is 389 g/mol. The standard InChI is InChI=1S/C19H20FN3O3S/c1-23-16(10-12-5-6-13(27-2)11-15(12)20)17(19(25)22-26-9-8-24)14-4-3-7-21-18(14)23/h3-7,11,24H,8-10H2,1-2H3,(H,22,25). The van der Waals surface area contributed by atoms with E-state index in [9.17, 15) is 9.18 Å². The van der Waals surface area contributed by atoms with Crippen molar-refractivity contribution < 1.29 is 19.1 Å². The van der Waals surface area contributed by atoms with Gasteiger partial charge in [0.05, 0.1) is 18.8 Å². The number of fused-ring (bicyclic) bond motifs is 1. The molecule has 2 heterocycles. The molecule has 2 N–H and O–H groups in total. The zero-order valence-corrected chi connectivity index (χ0v) is 15.8. The summed E-state index contributed by atoms with van der Waals surface area (Å²) >= 11 is 1.47. The molecule has 6 nitrogen and oxygen atoms in total. The SMILES string of the molecule is CSc1ccc(Cc2c(C(=O)NOCCO)c3cccnc3n2C)c(F)c1. The van der Waals surface area contributed by atoms with E-state index in [0.29, 0.717) is 27.9 Å². The van der Waals surface area contributed by atoms with Gasteiger partial charge in [-0.25, -0.2) is 14.9 Å². The summed E-state index contributed by atoms with van der Waals surface area (Å²) in [6.07, 6.45) is 3.76. The molecule has 0 spiro atoms. The van der Waals surface area contributed by atoms with E-state index in [1.807, 2.05) is 12.3 Å². The van der Waals surface area contributed by atoms with Gasteiger partial charge in [-0.15, -0.1) is 11.8 Å². The number of carbonyl (C=O) groups is 1. The number of hydrogen-bond donors (Lipinski definition) is 2. The second-order valence-electron chi connectivity index (χ2n) is 5.89. The maximum absolute atomic E-state index is 14.5. The Balaban J connectivity index is 2.04. The van der Waals surface area contributed by atoms with Crippen LogP contribution in [-0.4, -0.2) is 40.0 Å². The quantitative estimate of drug-likeness (QED) is 0.369. The maximum Gasteiger partial charge on any atom is 0.277 e. The molecule has 1 amide bonds. The number of aliphatic hydroxyl groups excluding tert-OH is 1. The average Bonchev–Trinajstić information content (AvgIpc) is 2.95. The van der Waals surface area contributed by atoms with Crippen molar-refractivity contribution in [3.63, 3.8) is 0 Å². The highest BCUT2D eigenvalue weighted by molar-refractivity contribution is 7.98. The first kappa shape index (κ1) is 19.3. The number of hydroxylamine groups is 1. The summed E-state index contributed by atoms with van der Waals surface area (Å²) in [7, 11) is 1.80. The molecule has 1 aromatic carbocycles. The second-order valence-corrected chi connectivity index (χ2v) is 6.77. The van der Waals surface area contributed by atoms with Gasteiger partial charge in [0.25, 0.3) is 5.91 Å². The molecule has 3 rings (SSSR count). The Hall–Kier alpha value is -2.42. The minimum absolute atomic E-state index is 0.0190. The van der Waals surface area contributed by atoms with Crippen molar-refractivity contribution in [2.24, 2.45) is 7.05 Å².